The van der Waals surface area contributed by atoms with E-state index >= 15 is 0 Å². The molecule has 0 saturated carbocycles. The first-order chi connectivity index (χ1) is 9.26. The second-order valence-electron chi connectivity index (χ2n) is 3.55. The topological polar surface area (TPSA) is 48.4 Å². The van der Waals surface area contributed by atoms with E-state index in [1.54, 1.807) is 0 Å². The highest BCUT2D eigenvalue weighted by Crippen LogP contribution is 2.28. The Morgan fingerprint density at radius 2 is 2.05 bits per heavy atom. The van der Waals surface area contributed by atoms with E-state index in [2.05, 4.69) is 14.5 Å². The fourth-order valence-corrected chi connectivity index (χ4v) is 1.43. The quantitative estimate of drug-likeness (QED) is 0.476. The summed E-state index contributed by atoms with van der Waals surface area (Å²) in [5, 5.41) is 0. The van der Waals surface area contributed by atoms with Crippen LogP contribution in [0.25, 0.3) is 0 Å². The molecule has 0 aliphatic rings. The number of esters is 1. The van der Waals surface area contributed by atoms with Crippen molar-refractivity contribution in [2.75, 3.05) is 6.61 Å². The second kappa shape index (κ2) is 6.49. The Hall–Kier alpha value is -1.93. The lowest BCUT2D eigenvalue weighted by Gasteiger charge is -2.13. The van der Waals surface area contributed by atoms with Crippen molar-refractivity contribution in [2.24, 2.45) is 0 Å². The molecule has 0 unspecified atom stereocenters. The molecule has 1 rings (SSSR count). The number of nitrogens with zero attached hydrogens (tertiary/aromatic N) is 1. The minimum atomic E-state index is -5.15. The smallest absolute Gasteiger partial charge is 0.466 e. The molecule has 0 atom stereocenters. The van der Waals surface area contributed by atoms with Crippen molar-refractivity contribution in [2.45, 2.75) is 26.4 Å². The number of carbonyl (C=O) groups excluding carboxylic acids is 1. The normalized spacial score (nSPS) is 11.3. The Kier molecular flexibility index (Phi) is 5.23. The van der Waals surface area contributed by atoms with Gasteiger partial charge in [-0.15, -0.1) is 13.2 Å². The number of rotatable bonds is 5. The Balaban J connectivity index is 3.13. The molecule has 112 valence electrons. The maximum absolute atomic E-state index is 13.1. The predicted molar refractivity (Wildman–Crippen MR) is 56.0 cm³/mol. The molecule has 0 aliphatic heterocycles. The van der Waals surface area contributed by atoms with E-state index in [0.29, 0.717) is 6.07 Å². The van der Waals surface area contributed by atoms with Gasteiger partial charge in [0.15, 0.2) is 0 Å². The summed E-state index contributed by atoms with van der Waals surface area (Å²) in [6.45, 7) is 0.149. The van der Waals surface area contributed by atoms with Gasteiger partial charge >= 0.3 is 12.3 Å². The number of aromatic nitrogens is 1. The summed E-state index contributed by atoms with van der Waals surface area (Å²) in [6.07, 6.45) is -5.73. The molecule has 0 aromatic carbocycles. The SMILES string of the molecule is CCOC(=O)Cc1cc(F)nc(OC(F)(F)F)c1CF. The van der Waals surface area contributed by atoms with Gasteiger partial charge in [-0.2, -0.15) is 9.37 Å². The van der Waals surface area contributed by atoms with Crippen LogP contribution in [-0.2, 0) is 22.6 Å². The molecule has 0 spiro atoms. The molecule has 20 heavy (non-hydrogen) atoms. The van der Waals surface area contributed by atoms with E-state index in [4.69, 9.17) is 0 Å². The van der Waals surface area contributed by atoms with Crippen molar-refractivity contribution >= 4 is 5.97 Å². The van der Waals surface area contributed by atoms with Crippen LogP contribution in [-0.4, -0.2) is 23.9 Å². The highest BCUT2D eigenvalue weighted by molar-refractivity contribution is 5.73. The third-order valence-electron chi connectivity index (χ3n) is 2.13. The number of ether oxygens (including phenoxy) is 2. The number of halogens is 5. The Labute approximate surface area is 110 Å². The molecule has 0 bridgehead atoms. The van der Waals surface area contributed by atoms with Gasteiger partial charge in [-0.25, -0.2) is 4.39 Å². The molecule has 9 heteroatoms. The van der Waals surface area contributed by atoms with Crippen molar-refractivity contribution in [3.05, 3.63) is 23.1 Å². The van der Waals surface area contributed by atoms with E-state index in [0.717, 1.165) is 0 Å². The van der Waals surface area contributed by atoms with Gasteiger partial charge in [0.05, 0.1) is 13.0 Å². The molecule has 0 amide bonds. The van der Waals surface area contributed by atoms with Gasteiger partial charge < -0.3 is 9.47 Å². The van der Waals surface area contributed by atoms with E-state index in [-0.39, 0.29) is 12.2 Å². The Morgan fingerprint density at radius 3 is 2.55 bits per heavy atom. The molecule has 1 aromatic heterocycles. The first-order valence-corrected chi connectivity index (χ1v) is 5.42. The zero-order chi connectivity index (χ0) is 15.3. The summed E-state index contributed by atoms with van der Waals surface area (Å²) in [5.74, 6) is -3.40. The zero-order valence-corrected chi connectivity index (χ0v) is 10.3. The molecule has 0 fully saturated rings. The number of hydrogen-bond donors (Lipinski definition) is 0. The van der Waals surface area contributed by atoms with E-state index < -0.39 is 42.8 Å². The number of carbonyl (C=O) groups is 1. The lowest BCUT2D eigenvalue weighted by Crippen LogP contribution is -2.20. The maximum Gasteiger partial charge on any atom is 0.574 e. The molecule has 0 saturated heterocycles. The van der Waals surface area contributed by atoms with Crippen LogP contribution >= 0.6 is 0 Å². The Morgan fingerprint density at radius 1 is 1.40 bits per heavy atom. The van der Waals surface area contributed by atoms with E-state index in [1.807, 2.05) is 0 Å². The van der Waals surface area contributed by atoms with Crippen LogP contribution in [0.2, 0.25) is 0 Å². The maximum atomic E-state index is 13.1. The van der Waals surface area contributed by atoms with Gasteiger partial charge in [0.25, 0.3) is 0 Å². The number of alkyl halides is 4. The largest absolute Gasteiger partial charge is 0.574 e. The van der Waals surface area contributed by atoms with E-state index in [9.17, 15) is 26.7 Å². The average molecular weight is 299 g/mol. The van der Waals surface area contributed by atoms with Gasteiger partial charge in [0.1, 0.15) is 6.67 Å². The molecule has 0 aliphatic carbocycles. The average Bonchev–Trinajstić information content (AvgIpc) is 2.26. The minimum Gasteiger partial charge on any atom is -0.466 e. The standard InChI is InChI=1S/C11H10F5NO3/c1-2-19-9(18)4-6-3-8(13)17-10(7(6)5-12)20-11(14,15)16/h3H,2,4-5H2,1H3. The fourth-order valence-electron chi connectivity index (χ4n) is 1.43. The molecule has 4 nitrogen and oxygen atoms in total. The zero-order valence-electron chi connectivity index (χ0n) is 10.3. The third-order valence-corrected chi connectivity index (χ3v) is 2.13. The van der Waals surface area contributed by atoms with Crippen LogP contribution < -0.4 is 4.74 Å². The van der Waals surface area contributed by atoms with Gasteiger partial charge in [-0.3, -0.25) is 4.79 Å². The third kappa shape index (κ3) is 4.63. The van der Waals surface area contributed by atoms with Gasteiger partial charge in [-0.05, 0) is 18.6 Å². The van der Waals surface area contributed by atoms with Crippen LogP contribution in [0.15, 0.2) is 6.07 Å². The first-order valence-electron chi connectivity index (χ1n) is 5.42. The van der Waals surface area contributed by atoms with Crippen LogP contribution in [0.5, 0.6) is 5.88 Å². The lowest BCUT2D eigenvalue weighted by molar-refractivity contribution is -0.276. The number of pyridine rings is 1. The van der Waals surface area contributed by atoms with Crippen LogP contribution in [0.3, 0.4) is 0 Å². The summed E-state index contributed by atoms with van der Waals surface area (Å²) in [6, 6.07) is 0.662. The van der Waals surface area contributed by atoms with Crippen LogP contribution in [0.1, 0.15) is 18.1 Å². The summed E-state index contributed by atoms with van der Waals surface area (Å²) in [5.41, 5.74) is -0.950. The lowest BCUT2D eigenvalue weighted by atomic mass is 10.1. The van der Waals surface area contributed by atoms with Crippen molar-refractivity contribution in [1.82, 2.24) is 4.98 Å². The van der Waals surface area contributed by atoms with Crippen molar-refractivity contribution in [3.8, 4) is 5.88 Å². The van der Waals surface area contributed by atoms with Crippen molar-refractivity contribution in [1.29, 1.82) is 0 Å². The summed E-state index contributed by atoms with van der Waals surface area (Å²) in [7, 11) is 0. The van der Waals surface area contributed by atoms with Gasteiger partial charge in [0.2, 0.25) is 11.8 Å². The van der Waals surface area contributed by atoms with Gasteiger partial charge in [-0.1, -0.05) is 0 Å². The fraction of sp³-hybridized carbons (Fsp3) is 0.455. The van der Waals surface area contributed by atoms with Crippen LogP contribution in [0.4, 0.5) is 22.0 Å². The summed E-state index contributed by atoms with van der Waals surface area (Å²) < 4.78 is 70.3. The second-order valence-corrected chi connectivity index (χ2v) is 3.55. The van der Waals surface area contributed by atoms with Crippen molar-refractivity contribution in [3.63, 3.8) is 0 Å². The summed E-state index contributed by atoms with van der Waals surface area (Å²) in [4.78, 5) is 14.1. The van der Waals surface area contributed by atoms with Crippen molar-refractivity contribution < 1.29 is 36.2 Å². The minimum absolute atomic E-state index is 0.0310. The molecular weight excluding hydrogens is 289 g/mol. The van der Waals surface area contributed by atoms with Crippen LogP contribution in [0, 0.1) is 5.95 Å². The molecule has 1 aromatic rings. The Bertz CT molecular complexity index is 490. The molecular formula is C11H10F5NO3. The van der Waals surface area contributed by atoms with Gasteiger partial charge in [0, 0.05) is 5.56 Å². The highest BCUT2D eigenvalue weighted by Gasteiger charge is 2.34. The number of hydrogen-bond acceptors (Lipinski definition) is 4. The molecule has 0 N–H and O–H groups in total. The molecule has 1 heterocycles. The molecule has 0 radical (unpaired) electrons. The monoisotopic (exact) mass is 299 g/mol. The first kappa shape index (κ1) is 16.1. The summed E-state index contributed by atoms with van der Waals surface area (Å²) >= 11 is 0. The predicted octanol–water partition coefficient (Wildman–Crippen LogP) is 2.69. The van der Waals surface area contributed by atoms with E-state index in [1.165, 1.54) is 6.92 Å². The highest BCUT2D eigenvalue weighted by atomic mass is 19.4.